The molecule has 1 aliphatic heterocycles. The zero-order valence-electron chi connectivity index (χ0n) is 15.4. The number of hydrogen-bond acceptors (Lipinski definition) is 8. The minimum Gasteiger partial charge on any atom is -0.452 e. The average Bonchev–Trinajstić information content (AvgIpc) is 3.11. The number of carbonyl (C=O) groups is 2. The minimum atomic E-state index is -3.89. The minimum absolute atomic E-state index is 0.00933. The molecule has 1 amide bonds. The summed E-state index contributed by atoms with van der Waals surface area (Å²) in [4.78, 5) is 28.1. The van der Waals surface area contributed by atoms with Crippen molar-refractivity contribution in [2.24, 2.45) is 0 Å². The van der Waals surface area contributed by atoms with Crippen LogP contribution in [0, 0.1) is 6.92 Å². The lowest BCUT2D eigenvalue weighted by atomic mass is 10.2. The van der Waals surface area contributed by atoms with Gasteiger partial charge in [0.05, 0.1) is 29.5 Å². The molecule has 2 heterocycles. The molecule has 0 saturated carbocycles. The maximum atomic E-state index is 12.8. The van der Waals surface area contributed by atoms with Crippen LogP contribution in [0.25, 0.3) is 0 Å². The van der Waals surface area contributed by atoms with E-state index in [0.717, 1.165) is 11.8 Å². The van der Waals surface area contributed by atoms with Crippen molar-refractivity contribution >= 4 is 50.0 Å². The van der Waals surface area contributed by atoms with Crippen LogP contribution in [0.3, 0.4) is 0 Å². The Bertz CT molecular complexity index is 1020. The molecule has 3 rings (SSSR count). The second-order valence-electron chi connectivity index (χ2n) is 6.08. The second-order valence-corrected chi connectivity index (χ2v) is 9.25. The van der Waals surface area contributed by atoms with E-state index in [4.69, 9.17) is 21.1 Å². The van der Waals surface area contributed by atoms with Crippen molar-refractivity contribution in [3.8, 4) is 0 Å². The van der Waals surface area contributed by atoms with Gasteiger partial charge in [0.25, 0.3) is 5.91 Å². The molecule has 2 aromatic rings. The molecule has 156 valence electrons. The van der Waals surface area contributed by atoms with Gasteiger partial charge in [0.1, 0.15) is 4.90 Å². The number of aryl methyl sites for hydroxylation is 1. The summed E-state index contributed by atoms with van der Waals surface area (Å²) in [7, 11) is -3.89. The van der Waals surface area contributed by atoms with Gasteiger partial charge in [0, 0.05) is 18.5 Å². The number of ether oxygens (including phenoxy) is 2. The van der Waals surface area contributed by atoms with E-state index in [0.29, 0.717) is 5.13 Å². The summed E-state index contributed by atoms with van der Waals surface area (Å²) in [6.45, 7) is 2.22. The SMILES string of the molecule is Cc1csc(NC(=O)COC(=O)c2ccc(Cl)c(S(=O)(=O)N3CCOCC3)c2)n1. The van der Waals surface area contributed by atoms with E-state index in [-0.39, 0.29) is 41.8 Å². The van der Waals surface area contributed by atoms with Gasteiger partial charge >= 0.3 is 5.97 Å². The molecule has 0 radical (unpaired) electrons. The Hall–Kier alpha value is -2.05. The standard InChI is InChI=1S/C17H18ClN3O6S2/c1-11-10-28-17(19-11)20-15(22)9-27-16(23)12-2-3-13(18)14(8-12)29(24,25)21-4-6-26-7-5-21/h2-3,8,10H,4-7,9H2,1H3,(H,19,20,22). The predicted octanol–water partition coefficient (Wildman–Crippen LogP) is 1.92. The van der Waals surface area contributed by atoms with Crippen LogP contribution in [-0.4, -0.2) is 62.5 Å². The molecule has 1 aromatic carbocycles. The quantitative estimate of drug-likeness (QED) is 0.656. The third-order valence-corrected chi connectivity index (χ3v) is 7.21. The van der Waals surface area contributed by atoms with Gasteiger partial charge in [0.2, 0.25) is 10.0 Å². The molecule has 1 saturated heterocycles. The fourth-order valence-electron chi connectivity index (χ4n) is 2.54. The summed E-state index contributed by atoms with van der Waals surface area (Å²) in [5.41, 5.74) is 0.733. The molecule has 0 unspecified atom stereocenters. The van der Waals surface area contributed by atoms with E-state index in [2.05, 4.69) is 10.3 Å². The number of esters is 1. The molecular formula is C17H18ClN3O6S2. The van der Waals surface area contributed by atoms with Crippen LogP contribution < -0.4 is 5.32 Å². The Morgan fingerprint density at radius 2 is 2.07 bits per heavy atom. The largest absolute Gasteiger partial charge is 0.452 e. The van der Waals surface area contributed by atoms with Gasteiger partial charge < -0.3 is 9.47 Å². The third-order valence-electron chi connectivity index (χ3n) is 3.95. The highest BCUT2D eigenvalue weighted by molar-refractivity contribution is 7.89. The molecule has 9 nitrogen and oxygen atoms in total. The Morgan fingerprint density at radius 1 is 1.34 bits per heavy atom. The van der Waals surface area contributed by atoms with Crippen LogP contribution in [0.4, 0.5) is 5.13 Å². The summed E-state index contributed by atoms with van der Waals surface area (Å²) < 4.78 is 37.0. The lowest BCUT2D eigenvalue weighted by Gasteiger charge is -2.26. The molecule has 0 aliphatic carbocycles. The normalized spacial score (nSPS) is 15.1. The number of benzene rings is 1. The maximum absolute atomic E-state index is 12.8. The zero-order valence-corrected chi connectivity index (χ0v) is 17.8. The number of aromatic nitrogens is 1. The number of rotatable bonds is 6. The highest BCUT2D eigenvalue weighted by Gasteiger charge is 2.29. The zero-order chi connectivity index (χ0) is 21.0. The predicted molar refractivity (Wildman–Crippen MR) is 107 cm³/mol. The Kier molecular flexibility index (Phi) is 6.85. The molecule has 12 heteroatoms. The number of sulfonamides is 1. The van der Waals surface area contributed by atoms with Gasteiger partial charge in [-0.1, -0.05) is 11.6 Å². The van der Waals surface area contributed by atoms with E-state index in [1.165, 1.54) is 27.8 Å². The van der Waals surface area contributed by atoms with E-state index in [9.17, 15) is 18.0 Å². The smallest absolute Gasteiger partial charge is 0.338 e. The number of morpholine rings is 1. The Morgan fingerprint density at radius 3 is 2.72 bits per heavy atom. The second kappa shape index (κ2) is 9.18. The van der Waals surface area contributed by atoms with Crippen molar-refractivity contribution in [2.75, 3.05) is 38.2 Å². The summed E-state index contributed by atoms with van der Waals surface area (Å²) in [6.07, 6.45) is 0. The molecule has 0 atom stereocenters. The van der Waals surface area contributed by atoms with E-state index in [1.54, 1.807) is 12.3 Å². The van der Waals surface area contributed by atoms with Crippen LogP contribution in [0.15, 0.2) is 28.5 Å². The summed E-state index contributed by atoms with van der Waals surface area (Å²) >= 11 is 7.32. The average molecular weight is 460 g/mol. The van der Waals surface area contributed by atoms with E-state index >= 15 is 0 Å². The van der Waals surface area contributed by atoms with Crippen LogP contribution in [-0.2, 0) is 24.3 Å². The Balaban J connectivity index is 1.68. The number of anilines is 1. The summed E-state index contributed by atoms with van der Waals surface area (Å²) in [5, 5.41) is 4.67. The first-order chi connectivity index (χ1) is 13.8. The number of amides is 1. The Labute approximate surface area is 176 Å². The highest BCUT2D eigenvalue weighted by Crippen LogP contribution is 2.26. The number of thiazole rings is 1. The summed E-state index contributed by atoms with van der Waals surface area (Å²) in [5.74, 6) is -1.40. The van der Waals surface area contributed by atoms with Crippen molar-refractivity contribution in [3.05, 3.63) is 39.9 Å². The van der Waals surface area contributed by atoms with Crippen LogP contribution >= 0.6 is 22.9 Å². The molecule has 0 bridgehead atoms. The van der Waals surface area contributed by atoms with Crippen molar-refractivity contribution in [2.45, 2.75) is 11.8 Å². The van der Waals surface area contributed by atoms with E-state index < -0.39 is 28.5 Å². The number of nitrogens with zero attached hydrogens (tertiary/aromatic N) is 2. The molecule has 1 aliphatic rings. The van der Waals surface area contributed by atoms with Gasteiger partial charge in [-0.05, 0) is 25.1 Å². The van der Waals surface area contributed by atoms with Gasteiger partial charge in [0.15, 0.2) is 11.7 Å². The fourth-order valence-corrected chi connectivity index (χ4v) is 5.15. The maximum Gasteiger partial charge on any atom is 0.338 e. The third kappa shape index (κ3) is 5.31. The lowest BCUT2D eigenvalue weighted by molar-refractivity contribution is -0.119. The molecule has 1 N–H and O–H groups in total. The van der Waals surface area contributed by atoms with Crippen LogP contribution in [0.5, 0.6) is 0 Å². The van der Waals surface area contributed by atoms with Crippen molar-refractivity contribution in [1.82, 2.24) is 9.29 Å². The van der Waals surface area contributed by atoms with Gasteiger partial charge in [-0.3, -0.25) is 10.1 Å². The first-order valence-corrected chi connectivity index (χ1v) is 11.2. The monoisotopic (exact) mass is 459 g/mol. The summed E-state index contributed by atoms with van der Waals surface area (Å²) in [6, 6.07) is 3.80. The number of carbonyl (C=O) groups excluding carboxylic acids is 2. The van der Waals surface area contributed by atoms with Gasteiger partial charge in [-0.15, -0.1) is 11.3 Å². The first kappa shape index (κ1) is 21.7. The molecule has 0 spiro atoms. The first-order valence-electron chi connectivity index (χ1n) is 8.54. The van der Waals surface area contributed by atoms with Crippen molar-refractivity contribution in [3.63, 3.8) is 0 Å². The number of halogens is 1. The number of nitrogens with one attached hydrogen (secondary N) is 1. The highest BCUT2D eigenvalue weighted by atomic mass is 35.5. The fraction of sp³-hybridized carbons (Fsp3) is 0.353. The van der Waals surface area contributed by atoms with Crippen LogP contribution in [0.2, 0.25) is 5.02 Å². The van der Waals surface area contributed by atoms with Crippen LogP contribution in [0.1, 0.15) is 16.1 Å². The molecule has 29 heavy (non-hydrogen) atoms. The molecular weight excluding hydrogens is 442 g/mol. The molecule has 1 aromatic heterocycles. The topological polar surface area (TPSA) is 115 Å². The van der Waals surface area contributed by atoms with Gasteiger partial charge in [-0.25, -0.2) is 18.2 Å². The van der Waals surface area contributed by atoms with Crippen molar-refractivity contribution < 1.29 is 27.5 Å². The van der Waals surface area contributed by atoms with Gasteiger partial charge in [-0.2, -0.15) is 4.31 Å². The lowest BCUT2D eigenvalue weighted by Crippen LogP contribution is -2.40. The number of hydrogen-bond donors (Lipinski definition) is 1. The van der Waals surface area contributed by atoms with E-state index in [1.807, 2.05) is 0 Å². The molecule has 1 fully saturated rings. The van der Waals surface area contributed by atoms with Crippen molar-refractivity contribution in [1.29, 1.82) is 0 Å².